The van der Waals surface area contributed by atoms with Crippen molar-refractivity contribution in [3.63, 3.8) is 0 Å². The Kier molecular flexibility index (Phi) is 2.57. The van der Waals surface area contributed by atoms with Gasteiger partial charge < -0.3 is 4.90 Å². The van der Waals surface area contributed by atoms with Crippen molar-refractivity contribution in [2.45, 2.75) is 0 Å². The van der Waals surface area contributed by atoms with Gasteiger partial charge in [0.1, 0.15) is 6.07 Å². The molecule has 0 atom stereocenters. The fourth-order valence-electron chi connectivity index (χ4n) is 1.06. The molecule has 0 unspecified atom stereocenters. The molecule has 0 spiro atoms. The van der Waals surface area contributed by atoms with Crippen LogP contribution < -0.4 is 4.90 Å². The molecule has 0 aliphatic rings. The standard InChI is InChI=1S/C9H9ClN2/c1-12(2)9-7(6-11)4-3-5-8(9)10/h3-5H,1-2H3. The molecule has 62 valence electrons. The predicted octanol–water partition coefficient (Wildman–Crippen LogP) is 2.28. The van der Waals surface area contributed by atoms with Crippen LogP contribution in [-0.2, 0) is 0 Å². The average molecular weight is 181 g/mol. The fourth-order valence-corrected chi connectivity index (χ4v) is 1.40. The molecule has 0 aliphatic heterocycles. The minimum atomic E-state index is 0.604. The zero-order valence-corrected chi connectivity index (χ0v) is 7.76. The minimum absolute atomic E-state index is 0.604. The van der Waals surface area contributed by atoms with Crippen molar-refractivity contribution in [2.24, 2.45) is 0 Å². The maximum absolute atomic E-state index is 8.76. The first-order valence-corrected chi connectivity index (χ1v) is 3.90. The number of nitrogens with zero attached hydrogens (tertiary/aromatic N) is 2. The van der Waals surface area contributed by atoms with Crippen LogP contribution in [0.2, 0.25) is 5.02 Å². The van der Waals surface area contributed by atoms with Crippen LogP contribution >= 0.6 is 11.6 Å². The Balaban J connectivity index is 3.32. The molecule has 1 aromatic carbocycles. The summed E-state index contributed by atoms with van der Waals surface area (Å²) in [7, 11) is 3.73. The summed E-state index contributed by atoms with van der Waals surface area (Å²) in [6, 6.07) is 7.39. The largest absolute Gasteiger partial charge is 0.375 e. The number of hydrogen-bond donors (Lipinski definition) is 0. The Morgan fingerprint density at radius 2 is 2.08 bits per heavy atom. The maximum Gasteiger partial charge on any atom is 0.101 e. The van der Waals surface area contributed by atoms with Crippen LogP contribution in [0.4, 0.5) is 5.69 Å². The molecule has 3 heteroatoms. The van der Waals surface area contributed by atoms with Crippen LogP contribution in [0, 0.1) is 11.3 Å². The summed E-state index contributed by atoms with van der Waals surface area (Å²) in [5.41, 5.74) is 1.38. The Morgan fingerprint density at radius 3 is 2.50 bits per heavy atom. The first kappa shape index (κ1) is 8.89. The molecule has 0 fully saturated rings. The van der Waals surface area contributed by atoms with Gasteiger partial charge in [0.25, 0.3) is 0 Å². The van der Waals surface area contributed by atoms with Crippen molar-refractivity contribution >= 4 is 17.3 Å². The van der Waals surface area contributed by atoms with Crippen LogP contribution in [0.3, 0.4) is 0 Å². The first-order valence-electron chi connectivity index (χ1n) is 3.52. The lowest BCUT2D eigenvalue weighted by Gasteiger charge is -2.15. The van der Waals surface area contributed by atoms with Crippen LogP contribution in [0.5, 0.6) is 0 Å². The number of nitriles is 1. The van der Waals surface area contributed by atoms with E-state index in [1.165, 1.54) is 0 Å². The van der Waals surface area contributed by atoms with Gasteiger partial charge in [0, 0.05) is 14.1 Å². The maximum atomic E-state index is 8.76. The average Bonchev–Trinajstić information content (AvgIpc) is 2.03. The normalized spacial score (nSPS) is 9.17. The van der Waals surface area contributed by atoms with Gasteiger partial charge in [-0.25, -0.2) is 0 Å². The molecule has 0 heterocycles. The second kappa shape index (κ2) is 3.46. The van der Waals surface area contributed by atoms with E-state index in [2.05, 4.69) is 6.07 Å². The van der Waals surface area contributed by atoms with Crippen molar-refractivity contribution in [2.75, 3.05) is 19.0 Å². The third-order valence-corrected chi connectivity index (χ3v) is 1.86. The molecule has 0 N–H and O–H groups in total. The lowest BCUT2D eigenvalue weighted by Crippen LogP contribution is -2.10. The van der Waals surface area contributed by atoms with Gasteiger partial charge in [-0.15, -0.1) is 0 Å². The van der Waals surface area contributed by atoms with Crippen molar-refractivity contribution in [3.8, 4) is 6.07 Å². The van der Waals surface area contributed by atoms with E-state index in [1.807, 2.05) is 19.0 Å². The Bertz CT molecular complexity index is 326. The second-order valence-corrected chi connectivity index (χ2v) is 3.05. The van der Waals surface area contributed by atoms with Gasteiger partial charge in [-0.1, -0.05) is 17.7 Å². The van der Waals surface area contributed by atoms with Gasteiger partial charge in [-0.3, -0.25) is 0 Å². The van der Waals surface area contributed by atoms with Gasteiger partial charge in [0.05, 0.1) is 16.3 Å². The summed E-state index contributed by atoms with van der Waals surface area (Å²) >= 11 is 5.91. The minimum Gasteiger partial charge on any atom is -0.375 e. The summed E-state index contributed by atoms with van der Waals surface area (Å²) in [6.45, 7) is 0. The van der Waals surface area contributed by atoms with E-state index >= 15 is 0 Å². The third-order valence-electron chi connectivity index (χ3n) is 1.55. The SMILES string of the molecule is CN(C)c1c(Cl)cccc1C#N. The van der Waals surface area contributed by atoms with Crippen molar-refractivity contribution in [1.82, 2.24) is 0 Å². The van der Waals surface area contributed by atoms with E-state index in [0.29, 0.717) is 10.6 Å². The molecule has 0 bridgehead atoms. The number of anilines is 1. The lowest BCUT2D eigenvalue weighted by molar-refractivity contribution is 1.12. The molecule has 0 aliphatic carbocycles. The molecule has 0 saturated heterocycles. The summed E-state index contributed by atoms with van der Waals surface area (Å²) in [5.74, 6) is 0. The van der Waals surface area contributed by atoms with Crippen molar-refractivity contribution < 1.29 is 0 Å². The highest BCUT2D eigenvalue weighted by atomic mass is 35.5. The topological polar surface area (TPSA) is 27.0 Å². The number of benzene rings is 1. The molecule has 0 saturated carbocycles. The zero-order valence-electron chi connectivity index (χ0n) is 7.00. The Morgan fingerprint density at radius 1 is 1.42 bits per heavy atom. The monoisotopic (exact) mass is 180 g/mol. The molecule has 1 aromatic rings. The van der Waals surface area contributed by atoms with Gasteiger partial charge in [0.2, 0.25) is 0 Å². The van der Waals surface area contributed by atoms with Crippen LogP contribution in [0.1, 0.15) is 5.56 Å². The summed E-state index contributed by atoms with van der Waals surface area (Å²) < 4.78 is 0. The van der Waals surface area contributed by atoms with Crippen LogP contribution in [-0.4, -0.2) is 14.1 Å². The Labute approximate surface area is 77.0 Å². The van der Waals surface area contributed by atoms with E-state index in [1.54, 1.807) is 18.2 Å². The predicted molar refractivity (Wildman–Crippen MR) is 50.5 cm³/mol. The van der Waals surface area contributed by atoms with E-state index in [-0.39, 0.29) is 0 Å². The summed E-state index contributed by atoms with van der Waals surface area (Å²) in [4.78, 5) is 1.83. The quantitative estimate of drug-likeness (QED) is 0.663. The van der Waals surface area contributed by atoms with E-state index in [0.717, 1.165) is 5.69 Å². The number of hydrogen-bond acceptors (Lipinski definition) is 2. The highest BCUT2D eigenvalue weighted by molar-refractivity contribution is 6.33. The summed E-state index contributed by atoms with van der Waals surface area (Å²) in [5, 5.41) is 9.37. The molecule has 0 amide bonds. The molecule has 1 rings (SSSR count). The first-order chi connectivity index (χ1) is 5.66. The second-order valence-electron chi connectivity index (χ2n) is 2.64. The molecule has 0 radical (unpaired) electrons. The molecule has 0 aromatic heterocycles. The molecular weight excluding hydrogens is 172 g/mol. The van der Waals surface area contributed by atoms with Crippen LogP contribution in [0.25, 0.3) is 0 Å². The van der Waals surface area contributed by atoms with E-state index in [4.69, 9.17) is 16.9 Å². The third kappa shape index (κ3) is 1.51. The summed E-state index contributed by atoms with van der Waals surface area (Å²) in [6.07, 6.45) is 0. The smallest absolute Gasteiger partial charge is 0.101 e. The van der Waals surface area contributed by atoms with E-state index in [9.17, 15) is 0 Å². The number of halogens is 1. The Hall–Kier alpha value is -1.20. The highest BCUT2D eigenvalue weighted by Gasteiger charge is 2.07. The molecule has 12 heavy (non-hydrogen) atoms. The lowest BCUT2D eigenvalue weighted by atomic mass is 10.2. The van der Waals surface area contributed by atoms with Gasteiger partial charge in [-0.05, 0) is 12.1 Å². The van der Waals surface area contributed by atoms with Gasteiger partial charge in [0.15, 0.2) is 0 Å². The van der Waals surface area contributed by atoms with Crippen LogP contribution in [0.15, 0.2) is 18.2 Å². The zero-order chi connectivity index (χ0) is 9.14. The fraction of sp³-hybridized carbons (Fsp3) is 0.222. The molecular formula is C9H9ClN2. The van der Waals surface area contributed by atoms with Crippen molar-refractivity contribution in [3.05, 3.63) is 28.8 Å². The van der Waals surface area contributed by atoms with Gasteiger partial charge in [-0.2, -0.15) is 5.26 Å². The number of para-hydroxylation sites is 1. The number of rotatable bonds is 1. The molecule has 2 nitrogen and oxygen atoms in total. The highest BCUT2D eigenvalue weighted by Crippen LogP contribution is 2.27. The van der Waals surface area contributed by atoms with Gasteiger partial charge >= 0.3 is 0 Å². The van der Waals surface area contributed by atoms with E-state index < -0.39 is 0 Å². The van der Waals surface area contributed by atoms with Crippen molar-refractivity contribution in [1.29, 1.82) is 5.26 Å².